The van der Waals surface area contributed by atoms with E-state index in [1.54, 1.807) is 0 Å². The number of nitrogens with zero attached hydrogens (tertiary/aromatic N) is 1. The van der Waals surface area contributed by atoms with Gasteiger partial charge in [-0.05, 0) is 51.1 Å². The smallest absolute Gasteiger partial charge is 0.0406 e. The largest absolute Gasteiger partial charge is 0.314 e. The van der Waals surface area contributed by atoms with Gasteiger partial charge >= 0.3 is 0 Å². The molecule has 0 aliphatic heterocycles. The number of halogens is 1. The Labute approximate surface area is 129 Å². The number of hydrogen-bond acceptors (Lipinski definition) is 2. The van der Waals surface area contributed by atoms with Gasteiger partial charge in [-0.1, -0.05) is 44.5 Å². The minimum atomic E-state index is 0.392. The molecule has 0 bridgehead atoms. The maximum atomic E-state index is 5.96. The molecule has 0 aliphatic rings. The molecule has 0 amide bonds. The molecular formula is C17H29ClN2. The maximum Gasteiger partial charge on any atom is 0.0406 e. The number of rotatable bonds is 7. The number of benzene rings is 1. The fourth-order valence-electron chi connectivity index (χ4n) is 2.32. The summed E-state index contributed by atoms with van der Waals surface area (Å²) >= 11 is 5.96. The standard InChI is InChI=1S/C17H29ClN2/c1-12(2)19-11-13(3)14(4)20(6)15(5)16-7-9-17(18)10-8-16/h7-10,12-15,19H,11H2,1-6H3. The molecule has 20 heavy (non-hydrogen) atoms. The van der Waals surface area contributed by atoms with E-state index >= 15 is 0 Å². The SMILES string of the molecule is CC(C)NCC(C)C(C)N(C)C(C)c1ccc(Cl)cc1. The first-order valence-corrected chi connectivity index (χ1v) is 7.91. The third kappa shape index (κ3) is 5.08. The van der Waals surface area contributed by atoms with Gasteiger partial charge in [-0.2, -0.15) is 0 Å². The summed E-state index contributed by atoms with van der Waals surface area (Å²) in [6, 6.07) is 9.63. The third-order valence-corrected chi connectivity index (χ3v) is 4.53. The van der Waals surface area contributed by atoms with E-state index in [9.17, 15) is 0 Å². The predicted octanol–water partition coefficient (Wildman–Crippen LogP) is 4.36. The summed E-state index contributed by atoms with van der Waals surface area (Å²) in [5.74, 6) is 0.608. The third-order valence-electron chi connectivity index (χ3n) is 4.28. The Morgan fingerprint density at radius 3 is 2.10 bits per heavy atom. The molecule has 0 fully saturated rings. The van der Waals surface area contributed by atoms with E-state index in [0.717, 1.165) is 11.6 Å². The van der Waals surface area contributed by atoms with E-state index in [1.165, 1.54) is 5.56 Å². The van der Waals surface area contributed by atoms with Crippen LogP contribution in [0.2, 0.25) is 5.02 Å². The average molecular weight is 297 g/mol. The summed E-state index contributed by atoms with van der Waals surface area (Å²) < 4.78 is 0. The lowest BCUT2D eigenvalue weighted by Crippen LogP contribution is -2.41. The van der Waals surface area contributed by atoms with Gasteiger partial charge in [0.15, 0.2) is 0 Å². The highest BCUT2D eigenvalue weighted by Crippen LogP contribution is 2.24. The van der Waals surface area contributed by atoms with Crippen molar-refractivity contribution < 1.29 is 0 Å². The molecule has 0 saturated heterocycles. The highest BCUT2D eigenvalue weighted by atomic mass is 35.5. The first kappa shape index (κ1) is 17.5. The zero-order valence-corrected chi connectivity index (χ0v) is 14.4. The second kappa shape index (κ2) is 8.02. The minimum absolute atomic E-state index is 0.392. The summed E-state index contributed by atoms with van der Waals surface area (Å²) in [5, 5.41) is 4.32. The van der Waals surface area contributed by atoms with Crippen molar-refractivity contribution in [2.75, 3.05) is 13.6 Å². The highest BCUT2D eigenvalue weighted by molar-refractivity contribution is 6.30. The fourth-order valence-corrected chi connectivity index (χ4v) is 2.45. The Morgan fingerprint density at radius 2 is 1.60 bits per heavy atom. The molecular weight excluding hydrogens is 268 g/mol. The Morgan fingerprint density at radius 1 is 1.05 bits per heavy atom. The summed E-state index contributed by atoms with van der Waals surface area (Å²) in [6.45, 7) is 12.3. The van der Waals surface area contributed by atoms with Crippen LogP contribution in [0.3, 0.4) is 0 Å². The average Bonchev–Trinajstić information content (AvgIpc) is 2.43. The lowest BCUT2D eigenvalue weighted by molar-refractivity contribution is 0.149. The lowest BCUT2D eigenvalue weighted by atomic mass is 9.98. The summed E-state index contributed by atoms with van der Waals surface area (Å²) in [4.78, 5) is 2.44. The van der Waals surface area contributed by atoms with Gasteiger partial charge in [0, 0.05) is 23.1 Å². The van der Waals surface area contributed by atoms with E-state index in [0.29, 0.717) is 24.0 Å². The van der Waals surface area contributed by atoms with Crippen LogP contribution in [-0.2, 0) is 0 Å². The molecule has 114 valence electrons. The second-order valence-corrected chi connectivity index (χ2v) is 6.61. The van der Waals surface area contributed by atoms with Gasteiger partial charge in [0.1, 0.15) is 0 Å². The van der Waals surface area contributed by atoms with Gasteiger partial charge in [-0.25, -0.2) is 0 Å². The van der Waals surface area contributed by atoms with Crippen LogP contribution in [0.25, 0.3) is 0 Å². The lowest BCUT2D eigenvalue weighted by Gasteiger charge is -2.35. The van der Waals surface area contributed by atoms with E-state index < -0.39 is 0 Å². The summed E-state index contributed by atoms with van der Waals surface area (Å²) in [5.41, 5.74) is 1.31. The molecule has 1 aromatic carbocycles. The highest BCUT2D eigenvalue weighted by Gasteiger charge is 2.22. The van der Waals surface area contributed by atoms with Crippen molar-refractivity contribution in [2.45, 2.75) is 52.7 Å². The monoisotopic (exact) mass is 296 g/mol. The van der Waals surface area contributed by atoms with Crippen LogP contribution in [0.1, 0.15) is 46.2 Å². The van der Waals surface area contributed by atoms with Gasteiger partial charge in [0.25, 0.3) is 0 Å². The van der Waals surface area contributed by atoms with Crippen LogP contribution >= 0.6 is 11.6 Å². The van der Waals surface area contributed by atoms with E-state index in [4.69, 9.17) is 11.6 Å². The molecule has 1 aromatic rings. The molecule has 0 spiro atoms. The quantitative estimate of drug-likeness (QED) is 0.804. The van der Waals surface area contributed by atoms with Crippen LogP contribution in [0, 0.1) is 5.92 Å². The molecule has 3 unspecified atom stereocenters. The van der Waals surface area contributed by atoms with Crippen molar-refractivity contribution in [3.63, 3.8) is 0 Å². The Balaban J connectivity index is 2.62. The molecule has 3 atom stereocenters. The molecule has 1 rings (SSSR count). The molecule has 0 aromatic heterocycles. The first-order valence-electron chi connectivity index (χ1n) is 7.53. The van der Waals surface area contributed by atoms with E-state index in [1.807, 2.05) is 12.1 Å². The van der Waals surface area contributed by atoms with Gasteiger partial charge < -0.3 is 5.32 Å². The number of hydrogen-bond donors (Lipinski definition) is 1. The molecule has 0 saturated carbocycles. The van der Waals surface area contributed by atoms with Crippen molar-refractivity contribution in [1.29, 1.82) is 0 Å². The van der Waals surface area contributed by atoms with Gasteiger partial charge in [0.2, 0.25) is 0 Å². The predicted molar refractivity (Wildman–Crippen MR) is 89.4 cm³/mol. The van der Waals surface area contributed by atoms with Crippen LogP contribution in [0.4, 0.5) is 0 Å². The molecule has 0 aliphatic carbocycles. The zero-order chi connectivity index (χ0) is 15.3. The second-order valence-electron chi connectivity index (χ2n) is 6.17. The first-order chi connectivity index (χ1) is 9.32. The molecule has 1 N–H and O–H groups in total. The van der Waals surface area contributed by atoms with Crippen LogP contribution in [0.15, 0.2) is 24.3 Å². The molecule has 0 heterocycles. The van der Waals surface area contributed by atoms with E-state index in [-0.39, 0.29) is 0 Å². The Bertz CT molecular complexity index is 388. The zero-order valence-electron chi connectivity index (χ0n) is 13.7. The van der Waals surface area contributed by atoms with Gasteiger partial charge in [0.05, 0.1) is 0 Å². The van der Waals surface area contributed by atoms with Crippen molar-refractivity contribution in [2.24, 2.45) is 5.92 Å². The van der Waals surface area contributed by atoms with Crippen molar-refractivity contribution in [3.8, 4) is 0 Å². The minimum Gasteiger partial charge on any atom is -0.314 e. The maximum absolute atomic E-state index is 5.96. The summed E-state index contributed by atoms with van der Waals surface area (Å²) in [7, 11) is 2.20. The van der Waals surface area contributed by atoms with Crippen LogP contribution < -0.4 is 5.32 Å². The van der Waals surface area contributed by atoms with Gasteiger partial charge in [-0.15, -0.1) is 0 Å². The molecule has 0 radical (unpaired) electrons. The van der Waals surface area contributed by atoms with Crippen LogP contribution in [-0.4, -0.2) is 30.6 Å². The molecule has 2 nitrogen and oxygen atoms in total. The Kier molecular flexibility index (Phi) is 7.01. The Hall–Kier alpha value is -0.570. The van der Waals surface area contributed by atoms with E-state index in [2.05, 4.69) is 64.0 Å². The summed E-state index contributed by atoms with van der Waals surface area (Å²) in [6.07, 6.45) is 0. The topological polar surface area (TPSA) is 15.3 Å². The van der Waals surface area contributed by atoms with Gasteiger partial charge in [-0.3, -0.25) is 4.90 Å². The van der Waals surface area contributed by atoms with Crippen LogP contribution in [0.5, 0.6) is 0 Å². The van der Waals surface area contributed by atoms with Crippen molar-refractivity contribution >= 4 is 11.6 Å². The van der Waals surface area contributed by atoms with Crippen molar-refractivity contribution in [1.82, 2.24) is 10.2 Å². The number of nitrogens with one attached hydrogen (secondary N) is 1. The molecule has 3 heteroatoms. The normalized spacial score (nSPS) is 16.4. The van der Waals surface area contributed by atoms with Crippen molar-refractivity contribution in [3.05, 3.63) is 34.9 Å². The fraction of sp³-hybridized carbons (Fsp3) is 0.647.